The molecule has 1 nitrogen and oxygen atoms in total. The Kier molecular flexibility index (Phi) is 2.84. The highest BCUT2D eigenvalue weighted by Crippen LogP contribution is 2.15. The van der Waals surface area contributed by atoms with Gasteiger partial charge in [-0.2, -0.15) is 0 Å². The van der Waals surface area contributed by atoms with E-state index in [1.54, 1.807) is 0 Å². The van der Waals surface area contributed by atoms with Gasteiger partial charge in [0.05, 0.1) is 0 Å². The van der Waals surface area contributed by atoms with Gasteiger partial charge in [-0.3, -0.25) is 4.79 Å². The average Bonchev–Trinajstić information content (AvgIpc) is 2.09. The lowest BCUT2D eigenvalue weighted by atomic mass is 10.2. The highest BCUT2D eigenvalue weighted by molar-refractivity contribution is 5.74. The largest absolute Gasteiger partial charge is 0.286 e. The Morgan fingerprint density at radius 1 is 1.23 bits per heavy atom. The SMILES string of the molecule is O=[C]C=Cc1cc(F)cc(F)c1F. The number of benzene rings is 1. The molecule has 1 aromatic rings. The first-order valence-electron chi connectivity index (χ1n) is 3.34. The van der Waals surface area contributed by atoms with Crippen LogP contribution in [0.4, 0.5) is 13.2 Å². The quantitative estimate of drug-likeness (QED) is 0.510. The molecule has 0 bridgehead atoms. The number of hydrogen-bond donors (Lipinski definition) is 0. The molecule has 0 unspecified atom stereocenters. The highest BCUT2D eigenvalue weighted by Gasteiger charge is 2.07. The van der Waals surface area contributed by atoms with Crippen LogP contribution in [-0.4, -0.2) is 6.29 Å². The van der Waals surface area contributed by atoms with E-state index in [2.05, 4.69) is 0 Å². The molecule has 0 aliphatic carbocycles. The zero-order valence-electron chi connectivity index (χ0n) is 6.35. The fraction of sp³-hybridized carbons (Fsp3) is 0. The number of halogens is 3. The predicted octanol–water partition coefficient (Wildman–Crippen LogP) is 2.23. The van der Waals surface area contributed by atoms with Crippen molar-refractivity contribution in [1.29, 1.82) is 0 Å². The average molecular weight is 185 g/mol. The standard InChI is InChI=1S/C9H4F3O/c10-7-4-6(2-1-3-13)9(12)8(11)5-7/h1-2,4-5H. The predicted molar refractivity (Wildman–Crippen MR) is 41.0 cm³/mol. The maximum Gasteiger partial charge on any atom is 0.225 e. The zero-order chi connectivity index (χ0) is 9.84. The summed E-state index contributed by atoms with van der Waals surface area (Å²) in [6.45, 7) is 0. The molecule has 0 fully saturated rings. The molecular weight excluding hydrogens is 181 g/mol. The summed E-state index contributed by atoms with van der Waals surface area (Å²) < 4.78 is 37.8. The second-order valence-electron chi connectivity index (χ2n) is 2.24. The van der Waals surface area contributed by atoms with E-state index in [4.69, 9.17) is 0 Å². The van der Waals surface area contributed by atoms with Gasteiger partial charge in [0, 0.05) is 11.6 Å². The van der Waals surface area contributed by atoms with Crippen molar-refractivity contribution in [3.63, 3.8) is 0 Å². The van der Waals surface area contributed by atoms with E-state index in [0.717, 1.165) is 18.2 Å². The van der Waals surface area contributed by atoms with Crippen molar-refractivity contribution >= 4 is 12.4 Å². The molecule has 0 amide bonds. The van der Waals surface area contributed by atoms with Gasteiger partial charge in [-0.05, 0) is 18.2 Å². The maximum atomic E-state index is 12.8. The fourth-order valence-corrected chi connectivity index (χ4v) is 0.821. The lowest BCUT2D eigenvalue weighted by Gasteiger charge is -1.97. The van der Waals surface area contributed by atoms with Gasteiger partial charge in [0.25, 0.3) is 0 Å². The van der Waals surface area contributed by atoms with E-state index < -0.39 is 17.5 Å². The van der Waals surface area contributed by atoms with Crippen LogP contribution in [0.15, 0.2) is 18.2 Å². The number of hydrogen-bond acceptors (Lipinski definition) is 1. The second-order valence-corrected chi connectivity index (χ2v) is 2.24. The summed E-state index contributed by atoms with van der Waals surface area (Å²) in [5, 5.41) is 0. The summed E-state index contributed by atoms with van der Waals surface area (Å²) in [6, 6.07) is 1.21. The topological polar surface area (TPSA) is 17.1 Å². The van der Waals surface area contributed by atoms with Crippen molar-refractivity contribution in [2.45, 2.75) is 0 Å². The van der Waals surface area contributed by atoms with E-state index in [0.29, 0.717) is 6.07 Å². The van der Waals surface area contributed by atoms with Crippen molar-refractivity contribution in [2.75, 3.05) is 0 Å². The molecule has 67 valence electrons. The van der Waals surface area contributed by atoms with E-state index >= 15 is 0 Å². The normalized spacial score (nSPS) is 10.7. The summed E-state index contributed by atoms with van der Waals surface area (Å²) in [4.78, 5) is 9.74. The minimum absolute atomic E-state index is 0.319. The molecule has 0 saturated carbocycles. The summed E-state index contributed by atoms with van der Waals surface area (Å²) in [5.74, 6) is -3.37. The molecule has 0 aliphatic heterocycles. The summed E-state index contributed by atoms with van der Waals surface area (Å²) in [7, 11) is 0. The molecule has 0 heterocycles. The van der Waals surface area contributed by atoms with Gasteiger partial charge in [0.1, 0.15) is 5.82 Å². The van der Waals surface area contributed by atoms with Crippen LogP contribution in [0.25, 0.3) is 6.08 Å². The number of allylic oxidation sites excluding steroid dienone is 1. The Hall–Kier alpha value is -1.58. The zero-order valence-corrected chi connectivity index (χ0v) is 6.35. The lowest BCUT2D eigenvalue weighted by Crippen LogP contribution is -1.90. The van der Waals surface area contributed by atoms with Gasteiger partial charge < -0.3 is 0 Å². The fourth-order valence-electron chi connectivity index (χ4n) is 0.821. The van der Waals surface area contributed by atoms with E-state index in [9.17, 15) is 18.0 Å². The van der Waals surface area contributed by atoms with E-state index in [1.165, 1.54) is 6.29 Å². The molecular formula is C9H4F3O. The van der Waals surface area contributed by atoms with Crippen LogP contribution in [0.5, 0.6) is 0 Å². The molecule has 13 heavy (non-hydrogen) atoms. The molecule has 1 rings (SSSR count). The highest BCUT2D eigenvalue weighted by atomic mass is 19.2. The first-order chi connectivity index (χ1) is 6.15. The molecule has 1 radical (unpaired) electrons. The Labute approximate surface area is 72.5 Å². The van der Waals surface area contributed by atoms with Crippen LogP contribution in [0.1, 0.15) is 5.56 Å². The Morgan fingerprint density at radius 3 is 2.54 bits per heavy atom. The van der Waals surface area contributed by atoms with Crippen LogP contribution < -0.4 is 0 Å². The molecule has 0 aliphatic rings. The van der Waals surface area contributed by atoms with Crippen LogP contribution in [-0.2, 0) is 4.79 Å². The third kappa shape index (κ3) is 2.18. The first kappa shape index (κ1) is 9.51. The van der Waals surface area contributed by atoms with Crippen molar-refractivity contribution < 1.29 is 18.0 Å². The summed E-state index contributed by atoms with van der Waals surface area (Å²) >= 11 is 0. The second kappa shape index (κ2) is 3.89. The van der Waals surface area contributed by atoms with Crippen molar-refractivity contribution in [3.05, 3.63) is 41.2 Å². The molecule has 4 heteroatoms. The van der Waals surface area contributed by atoms with Gasteiger partial charge in [-0.15, -0.1) is 0 Å². The molecule has 0 saturated heterocycles. The van der Waals surface area contributed by atoms with Crippen molar-refractivity contribution in [2.24, 2.45) is 0 Å². The van der Waals surface area contributed by atoms with E-state index in [1.807, 2.05) is 0 Å². The monoisotopic (exact) mass is 185 g/mol. The van der Waals surface area contributed by atoms with Gasteiger partial charge in [0.15, 0.2) is 11.6 Å². The molecule has 0 atom stereocenters. The minimum atomic E-state index is -1.29. The van der Waals surface area contributed by atoms with Crippen molar-refractivity contribution in [1.82, 2.24) is 0 Å². The lowest BCUT2D eigenvalue weighted by molar-refractivity contribution is 0.493. The van der Waals surface area contributed by atoms with Crippen LogP contribution in [0.2, 0.25) is 0 Å². The Morgan fingerprint density at radius 2 is 1.92 bits per heavy atom. The van der Waals surface area contributed by atoms with Crippen LogP contribution in [0, 0.1) is 17.5 Å². The minimum Gasteiger partial charge on any atom is -0.286 e. The molecule has 0 aromatic heterocycles. The first-order valence-corrected chi connectivity index (χ1v) is 3.34. The van der Waals surface area contributed by atoms with Crippen molar-refractivity contribution in [3.8, 4) is 0 Å². The van der Waals surface area contributed by atoms with Gasteiger partial charge >= 0.3 is 0 Å². The Bertz CT molecular complexity index is 358. The van der Waals surface area contributed by atoms with Gasteiger partial charge in [0.2, 0.25) is 6.29 Å². The molecule has 0 N–H and O–H groups in total. The molecule has 0 spiro atoms. The molecule has 1 aromatic carbocycles. The smallest absolute Gasteiger partial charge is 0.225 e. The maximum absolute atomic E-state index is 12.8. The number of rotatable bonds is 2. The Balaban J connectivity index is 3.19. The van der Waals surface area contributed by atoms with Crippen LogP contribution in [0.3, 0.4) is 0 Å². The summed E-state index contributed by atoms with van der Waals surface area (Å²) in [5.41, 5.74) is -0.319. The number of carbonyl (C=O) groups excluding carboxylic acids is 1. The van der Waals surface area contributed by atoms with Crippen LogP contribution >= 0.6 is 0 Å². The third-order valence-corrected chi connectivity index (χ3v) is 1.35. The van der Waals surface area contributed by atoms with Gasteiger partial charge in [-0.1, -0.05) is 0 Å². The third-order valence-electron chi connectivity index (χ3n) is 1.35. The van der Waals surface area contributed by atoms with Gasteiger partial charge in [-0.25, -0.2) is 13.2 Å². The summed E-state index contributed by atoms with van der Waals surface area (Å²) in [6.07, 6.45) is 3.11. The van der Waals surface area contributed by atoms with E-state index in [-0.39, 0.29) is 5.56 Å².